The van der Waals surface area contributed by atoms with Gasteiger partial charge in [0.15, 0.2) is 6.79 Å². The summed E-state index contributed by atoms with van der Waals surface area (Å²) in [5, 5.41) is 0. The van der Waals surface area contributed by atoms with Crippen molar-refractivity contribution in [2.24, 2.45) is 0 Å². The standard InChI is InChI=1S/C5H5F5O4/c1-3(11)14-5(9,10)13-2-12-4(6,7)8/h2H2,1H3. The van der Waals surface area contributed by atoms with Crippen LogP contribution in [0.1, 0.15) is 6.92 Å². The lowest BCUT2D eigenvalue weighted by molar-refractivity contribution is -0.427. The summed E-state index contributed by atoms with van der Waals surface area (Å²) in [5.41, 5.74) is 0. The quantitative estimate of drug-likeness (QED) is 0.413. The van der Waals surface area contributed by atoms with Crippen LogP contribution < -0.4 is 0 Å². The second-order valence-corrected chi connectivity index (χ2v) is 1.91. The Morgan fingerprint density at radius 3 is 2.00 bits per heavy atom. The van der Waals surface area contributed by atoms with Crippen molar-refractivity contribution >= 4 is 5.97 Å². The van der Waals surface area contributed by atoms with Gasteiger partial charge in [0.05, 0.1) is 0 Å². The Kier molecular flexibility index (Phi) is 4.20. The van der Waals surface area contributed by atoms with Gasteiger partial charge in [0.25, 0.3) is 0 Å². The molecule has 4 nitrogen and oxygen atoms in total. The summed E-state index contributed by atoms with van der Waals surface area (Å²) in [4.78, 5) is 9.97. The summed E-state index contributed by atoms with van der Waals surface area (Å²) in [6.07, 6.45) is -9.52. The van der Waals surface area contributed by atoms with Crippen LogP contribution >= 0.6 is 0 Å². The Morgan fingerprint density at radius 2 is 1.64 bits per heavy atom. The average Bonchev–Trinajstić information content (AvgIpc) is 1.78. The molecule has 0 aliphatic rings. The molecule has 0 unspecified atom stereocenters. The van der Waals surface area contributed by atoms with E-state index in [4.69, 9.17) is 0 Å². The van der Waals surface area contributed by atoms with Crippen LogP contribution in [0.25, 0.3) is 0 Å². The van der Waals surface area contributed by atoms with Gasteiger partial charge in [-0.25, -0.2) is 0 Å². The molecule has 0 aromatic heterocycles. The fourth-order valence-corrected chi connectivity index (χ4v) is 0.362. The van der Waals surface area contributed by atoms with E-state index in [-0.39, 0.29) is 0 Å². The zero-order chi connectivity index (χ0) is 11.4. The molecule has 9 heteroatoms. The highest BCUT2D eigenvalue weighted by atomic mass is 19.4. The highest BCUT2D eigenvalue weighted by molar-refractivity contribution is 5.66. The topological polar surface area (TPSA) is 44.8 Å². The number of hydrogen-bond donors (Lipinski definition) is 0. The van der Waals surface area contributed by atoms with E-state index in [2.05, 4.69) is 14.2 Å². The van der Waals surface area contributed by atoms with Gasteiger partial charge in [-0.1, -0.05) is 0 Å². The van der Waals surface area contributed by atoms with Gasteiger partial charge in [-0.15, -0.1) is 22.0 Å². The van der Waals surface area contributed by atoms with Crippen molar-refractivity contribution in [3.8, 4) is 0 Å². The van der Waals surface area contributed by atoms with E-state index < -0.39 is 25.4 Å². The van der Waals surface area contributed by atoms with E-state index in [0.29, 0.717) is 6.92 Å². The lowest BCUT2D eigenvalue weighted by Gasteiger charge is -2.15. The van der Waals surface area contributed by atoms with E-state index in [0.717, 1.165) is 0 Å². The van der Waals surface area contributed by atoms with Gasteiger partial charge in [-0.05, 0) is 0 Å². The van der Waals surface area contributed by atoms with Crippen molar-refractivity contribution in [2.45, 2.75) is 19.6 Å². The SMILES string of the molecule is CC(=O)OC(F)(F)OCOC(F)(F)F. The minimum absolute atomic E-state index is 0.641. The molecule has 0 spiro atoms. The predicted molar refractivity (Wildman–Crippen MR) is 29.8 cm³/mol. The minimum atomic E-state index is -5.09. The summed E-state index contributed by atoms with van der Waals surface area (Å²) in [6, 6.07) is 0. The van der Waals surface area contributed by atoms with Gasteiger partial charge in [0, 0.05) is 6.92 Å². The van der Waals surface area contributed by atoms with E-state index in [1.165, 1.54) is 0 Å². The monoisotopic (exact) mass is 224 g/mol. The first-order valence-electron chi connectivity index (χ1n) is 3.04. The van der Waals surface area contributed by atoms with Crippen molar-refractivity contribution in [3.63, 3.8) is 0 Å². The molecular formula is C5H5F5O4. The van der Waals surface area contributed by atoms with E-state index in [1.54, 1.807) is 0 Å². The number of hydrogen-bond acceptors (Lipinski definition) is 4. The summed E-state index contributed by atoms with van der Waals surface area (Å²) in [6.45, 7) is -1.13. The molecule has 0 radical (unpaired) electrons. The number of esters is 1. The molecule has 0 rings (SSSR count). The fraction of sp³-hybridized carbons (Fsp3) is 0.800. The van der Waals surface area contributed by atoms with Crippen molar-refractivity contribution in [1.29, 1.82) is 0 Å². The fourth-order valence-electron chi connectivity index (χ4n) is 0.362. The smallest absolute Gasteiger partial charge is 0.377 e. The first-order valence-corrected chi connectivity index (χ1v) is 3.04. The Morgan fingerprint density at radius 1 is 1.14 bits per heavy atom. The zero-order valence-electron chi connectivity index (χ0n) is 6.73. The van der Waals surface area contributed by atoms with Gasteiger partial charge in [-0.2, -0.15) is 0 Å². The van der Waals surface area contributed by atoms with Crippen LogP contribution in [0.15, 0.2) is 0 Å². The zero-order valence-corrected chi connectivity index (χ0v) is 6.73. The molecule has 0 aliphatic carbocycles. The maximum atomic E-state index is 12.1. The lowest BCUT2D eigenvalue weighted by Crippen LogP contribution is -2.30. The van der Waals surface area contributed by atoms with Gasteiger partial charge < -0.3 is 4.74 Å². The number of carbonyl (C=O) groups excluding carboxylic acids is 1. The molecule has 0 atom stereocenters. The van der Waals surface area contributed by atoms with Crippen molar-refractivity contribution in [1.82, 2.24) is 0 Å². The predicted octanol–water partition coefficient (Wildman–Crippen LogP) is 1.61. The minimum Gasteiger partial charge on any atom is -0.377 e. The molecule has 0 heterocycles. The van der Waals surface area contributed by atoms with Crippen LogP contribution in [0.4, 0.5) is 22.0 Å². The average molecular weight is 224 g/mol. The van der Waals surface area contributed by atoms with Gasteiger partial charge in [0.1, 0.15) is 0 Å². The molecule has 0 aromatic rings. The Balaban J connectivity index is 3.82. The third-order valence-corrected chi connectivity index (χ3v) is 0.712. The number of ether oxygens (including phenoxy) is 3. The first kappa shape index (κ1) is 13.0. The molecular weight excluding hydrogens is 219 g/mol. The first-order chi connectivity index (χ1) is 6.12. The van der Waals surface area contributed by atoms with Crippen molar-refractivity contribution in [3.05, 3.63) is 0 Å². The number of carbonyl (C=O) groups is 1. The Labute approximate surface area is 74.5 Å². The van der Waals surface area contributed by atoms with E-state index in [9.17, 15) is 26.7 Å². The van der Waals surface area contributed by atoms with Crippen LogP contribution in [-0.2, 0) is 19.0 Å². The molecule has 0 bridgehead atoms. The van der Waals surface area contributed by atoms with Gasteiger partial charge in [-0.3, -0.25) is 14.3 Å². The Hall–Kier alpha value is -0.960. The van der Waals surface area contributed by atoms with Crippen LogP contribution in [0.5, 0.6) is 0 Å². The Bertz CT molecular complexity index is 201. The lowest BCUT2D eigenvalue weighted by atomic mass is 10.8. The maximum Gasteiger partial charge on any atom is 0.539 e. The third-order valence-electron chi connectivity index (χ3n) is 0.712. The highest BCUT2D eigenvalue weighted by Crippen LogP contribution is 2.20. The van der Waals surface area contributed by atoms with Gasteiger partial charge in [0.2, 0.25) is 0 Å². The molecule has 0 aromatic carbocycles. The summed E-state index contributed by atoms with van der Waals surface area (Å²) >= 11 is 0. The summed E-state index contributed by atoms with van der Waals surface area (Å²) in [5.74, 6) is -1.40. The molecule has 84 valence electrons. The van der Waals surface area contributed by atoms with Crippen LogP contribution in [0.2, 0.25) is 0 Å². The number of halogens is 5. The third kappa shape index (κ3) is 7.68. The van der Waals surface area contributed by atoms with Crippen LogP contribution in [0, 0.1) is 0 Å². The molecule has 14 heavy (non-hydrogen) atoms. The molecule has 0 saturated carbocycles. The number of rotatable bonds is 4. The van der Waals surface area contributed by atoms with Crippen molar-refractivity contribution in [2.75, 3.05) is 6.79 Å². The molecule has 0 fully saturated rings. The van der Waals surface area contributed by atoms with E-state index >= 15 is 0 Å². The van der Waals surface area contributed by atoms with Crippen LogP contribution in [0.3, 0.4) is 0 Å². The second-order valence-electron chi connectivity index (χ2n) is 1.91. The van der Waals surface area contributed by atoms with Crippen molar-refractivity contribution < 1.29 is 41.0 Å². The normalized spacial score (nSPS) is 12.7. The summed E-state index contributed by atoms with van der Waals surface area (Å²) in [7, 11) is 0. The second kappa shape index (κ2) is 4.51. The largest absolute Gasteiger partial charge is 0.539 e. The molecule has 0 saturated heterocycles. The molecule has 0 aliphatic heterocycles. The molecule has 0 N–H and O–H groups in total. The summed E-state index contributed by atoms with van der Waals surface area (Å²) < 4.78 is 67.3. The number of alkyl halides is 5. The maximum absolute atomic E-state index is 12.1. The van der Waals surface area contributed by atoms with E-state index in [1.807, 2.05) is 0 Å². The van der Waals surface area contributed by atoms with Crippen LogP contribution in [-0.4, -0.2) is 25.4 Å². The van der Waals surface area contributed by atoms with Gasteiger partial charge >= 0.3 is 18.6 Å². The molecule has 0 amide bonds. The highest BCUT2D eigenvalue weighted by Gasteiger charge is 2.37.